The van der Waals surface area contributed by atoms with Crippen LogP contribution < -0.4 is 10.5 Å². The predicted octanol–water partition coefficient (Wildman–Crippen LogP) is 1.68. The Kier molecular flexibility index (Phi) is 2.38. The van der Waals surface area contributed by atoms with Gasteiger partial charge >= 0.3 is 0 Å². The van der Waals surface area contributed by atoms with Crippen molar-refractivity contribution in [2.45, 2.75) is 24.5 Å². The van der Waals surface area contributed by atoms with E-state index in [0.29, 0.717) is 5.75 Å². The molecule has 2 N–H and O–H groups in total. The first-order valence-corrected chi connectivity index (χ1v) is 6.01. The molecule has 1 saturated heterocycles. The van der Waals surface area contributed by atoms with Crippen molar-refractivity contribution in [3.63, 3.8) is 0 Å². The average molecular weight is 236 g/mol. The Balaban J connectivity index is 1.97. The van der Waals surface area contributed by atoms with Gasteiger partial charge in [-0.3, -0.25) is 0 Å². The molecule has 2 unspecified atom stereocenters. The summed E-state index contributed by atoms with van der Waals surface area (Å²) < 4.78 is 19.3. The fourth-order valence-corrected chi connectivity index (χ4v) is 2.98. The zero-order valence-electron chi connectivity index (χ0n) is 9.95. The summed E-state index contributed by atoms with van der Waals surface area (Å²) in [7, 11) is 2.07. The molecule has 0 aromatic heterocycles. The summed E-state index contributed by atoms with van der Waals surface area (Å²) >= 11 is 0. The number of nitrogens with zero attached hydrogens (tertiary/aromatic N) is 1. The highest BCUT2D eigenvalue weighted by molar-refractivity contribution is 5.39. The van der Waals surface area contributed by atoms with Gasteiger partial charge in [-0.2, -0.15) is 0 Å². The smallest absolute Gasteiger partial charge is 0.127 e. The highest BCUT2D eigenvalue weighted by Crippen LogP contribution is 2.42. The molecule has 92 valence electrons. The van der Waals surface area contributed by atoms with E-state index in [4.69, 9.17) is 10.5 Å². The second kappa shape index (κ2) is 3.68. The van der Waals surface area contributed by atoms with Crippen LogP contribution in [0.1, 0.15) is 24.4 Å². The molecule has 2 aliphatic rings. The molecule has 1 fully saturated rings. The van der Waals surface area contributed by atoms with E-state index in [2.05, 4.69) is 11.9 Å². The monoisotopic (exact) mass is 236 g/mol. The highest BCUT2D eigenvalue weighted by atomic mass is 19.1. The van der Waals surface area contributed by atoms with Gasteiger partial charge in [0, 0.05) is 43.6 Å². The van der Waals surface area contributed by atoms with Crippen LogP contribution in [0.2, 0.25) is 0 Å². The Labute approximate surface area is 100 Å². The minimum atomic E-state index is -0.264. The summed E-state index contributed by atoms with van der Waals surface area (Å²) in [6.45, 7) is 1.88. The maximum absolute atomic E-state index is 13.2. The first kappa shape index (κ1) is 11.0. The number of halogens is 1. The largest absolute Gasteiger partial charge is 0.485 e. The van der Waals surface area contributed by atoms with Crippen molar-refractivity contribution in [1.29, 1.82) is 0 Å². The fourth-order valence-electron chi connectivity index (χ4n) is 2.98. The normalized spacial score (nSPS) is 32.5. The molecular formula is C13H17FN2O. The lowest BCUT2D eigenvalue weighted by Crippen LogP contribution is -2.44. The van der Waals surface area contributed by atoms with Crippen LogP contribution in [-0.4, -0.2) is 30.6 Å². The summed E-state index contributed by atoms with van der Waals surface area (Å²) in [4.78, 5) is 2.23. The van der Waals surface area contributed by atoms with Gasteiger partial charge in [0.15, 0.2) is 0 Å². The molecule has 3 rings (SSSR count). The van der Waals surface area contributed by atoms with Crippen LogP contribution in [0.3, 0.4) is 0 Å². The van der Waals surface area contributed by atoms with Gasteiger partial charge in [-0.15, -0.1) is 0 Å². The molecule has 17 heavy (non-hydrogen) atoms. The summed E-state index contributed by atoms with van der Waals surface area (Å²) in [5.41, 5.74) is 6.88. The number of fused-ring (bicyclic) bond motifs is 1. The Bertz CT molecular complexity index is 451. The minimum absolute atomic E-state index is 0.0501. The first-order valence-electron chi connectivity index (χ1n) is 6.01. The van der Waals surface area contributed by atoms with E-state index < -0.39 is 0 Å². The molecule has 0 saturated carbocycles. The van der Waals surface area contributed by atoms with Crippen molar-refractivity contribution in [2.24, 2.45) is 5.73 Å². The molecule has 2 heterocycles. The van der Waals surface area contributed by atoms with Gasteiger partial charge in [-0.05, 0) is 13.1 Å². The number of hydrogen-bond donors (Lipinski definition) is 1. The van der Waals surface area contributed by atoms with Gasteiger partial charge in [0.2, 0.25) is 0 Å². The lowest BCUT2D eigenvalue weighted by Gasteiger charge is -2.38. The predicted molar refractivity (Wildman–Crippen MR) is 63.4 cm³/mol. The van der Waals surface area contributed by atoms with Crippen molar-refractivity contribution in [2.75, 3.05) is 20.1 Å². The molecule has 2 atom stereocenters. The molecule has 3 nitrogen and oxygen atoms in total. The molecule has 0 amide bonds. The summed E-state index contributed by atoms with van der Waals surface area (Å²) in [5.74, 6) is 0.360. The van der Waals surface area contributed by atoms with Crippen molar-refractivity contribution in [3.05, 3.63) is 29.6 Å². The molecule has 4 heteroatoms. The van der Waals surface area contributed by atoms with Crippen LogP contribution in [0.25, 0.3) is 0 Å². The quantitative estimate of drug-likeness (QED) is 0.745. The lowest BCUT2D eigenvalue weighted by molar-refractivity contribution is 0.0462. The van der Waals surface area contributed by atoms with Crippen LogP contribution >= 0.6 is 0 Å². The van der Waals surface area contributed by atoms with E-state index >= 15 is 0 Å². The maximum Gasteiger partial charge on any atom is 0.127 e. The van der Waals surface area contributed by atoms with E-state index in [1.807, 2.05) is 0 Å². The molecular weight excluding hydrogens is 219 g/mol. The zero-order valence-corrected chi connectivity index (χ0v) is 9.95. The summed E-state index contributed by atoms with van der Waals surface area (Å²) in [5, 5.41) is 0. The number of ether oxygens (including phenoxy) is 1. The summed E-state index contributed by atoms with van der Waals surface area (Å²) in [6, 6.07) is 4.58. The first-order chi connectivity index (χ1) is 8.08. The van der Waals surface area contributed by atoms with Crippen molar-refractivity contribution < 1.29 is 9.13 Å². The Hall–Kier alpha value is -1.13. The number of nitrogens with two attached hydrogens (primary N) is 1. The second-order valence-electron chi connectivity index (χ2n) is 5.27. The maximum atomic E-state index is 13.2. The van der Waals surface area contributed by atoms with E-state index in [1.165, 1.54) is 12.1 Å². The molecule has 2 aliphatic heterocycles. The molecule has 1 aromatic carbocycles. The fraction of sp³-hybridized carbons (Fsp3) is 0.538. The summed E-state index contributed by atoms with van der Waals surface area (Å²) in [6.07, 6.45) is 1.78. The standard InChI is InChI=1S/C13H17FN2O/c1-16-5-4-13(8-16)7-11(15)10-3-2-9(14)6-12(10)17-13/h2-3,6,11H,4-5,7-8,15H2,1H3. The van der Waals surface area contributed by atoms with Gasteiger partial charge < -0.3 is 15.4 Å². The lowest BCUT2D eigenvalue weighted by atomic mass is 9.87. The highest BCUT2D eigenvalue weighted by Gasteiger charge is 2.44. The Morgan fingerprint density at radius 3 is 3.06 bits per heavy atom. The van der Waals surface area contributed by atoms with E-state index in [-0.39, 0.29) is 17.5 Å². The third-order valence-corrected chi connectivity index (χ3v) is 3.80. The van der Waals surface area contributed by atoms with Gasteiger partial charge in [0.05, 0.1) is 0 Å². The molecule has 0 aliphatic carbocycles. The number of rotatable bonds is 0. The molecule has 1 aromatic rings. The Morgan fingerprint density at radius 2 is 2.35 bits per heavy atom. The van der Waals surface area contributed by atoms with Crippen LogP contribution in [0, 0.1) is 5.82 Å². The molecule has 0 bridgehead atoms. The third-order valence-electron chi connectivity index (χ3n) is 3.80. The van der Waals surface area contributed by atoms with Crippen molar-refractivity contribution in [3.8, 4) is 5.75 Å². The Morgan fingerprint density at radius 1 is 1.53 bits per heavy atom. The number of likely N-dealkylation sites (N-methyl/N-ethyl adjacent to an activating group) is 1. The van der Waals surface area contributed by atoms with E-state index in [0.717, 1.165) is 31.5 Å². The van der Waals surface area contributed by atoms with Crippen LogP contribution in [0.15, 0.2) is 18.2 Å². The minimum Gasteiger partial charge on any atom is -0.485 e. The topological polar surface area (TPSA) is 38.5 Å². The second-order valence-corrected chi connectivity index (χ2v) is 5.27. The molecule has 0 radical (unpaired) electrons. The van der Waals surface area contributed by atoms with Crippen LogP contribution in [0.5, 0.6) is 5.75 Å². The van der Waals surface area contributed by atoms with Crippen molar-refractivity contribution >= 4 is 0 Å². The van der Waals surface area contributed by atoms with Gasteiger partial charge in [-0.25, -0.2) is 4.39 Å². The number of benzene rings is 1. The van der Waals surface area contributed by atoms with Gasteiger partial charge in [-0.1, -0.05) is 6.07 Å². The number of hydrogen-bond acceptors (Lipinski definition) is 3. The number of likely N-dealkylation sites (tertiary alicyclic amines) is 1. The third kappa shape index (κ3) is 1.81. The van der Waals surface area contributed by atoms with Gasteiger partial charge in [0.25, 0.3) is 0 Å². The molecule has 1 spiro atoms. The van der Waals surface area contributed by atoms with Crippen LogP contribution in [0.4, 0.5) is 4.39 Å². The zero-order chi connectivity index (χ0) is 12.0. The van der Waals surface area contributed by atoms with Crippen molar-refractivity contribution in [1.82, 2.24) is 4.90 Å². The SMILES string of the molecule is CN1CCC2(CC(N)c3ccc(F)cc3O2)C1. The van der Waals surface area contributed by atoms with Gasteiger partial charge in [0.1, 0.15) is 17.2 Å². The average Bonchev–Trinajstić information content (AvgIpc) is 2.58. The van der Waals surface area contributed by atoms with E-state index in [1.54, 1.807) is 6.07 Å². The van der Waals surface area contributed by atoms with E-state index in [9.17, 15) is 4.39 Å². The van der Waals surface area contributed by atoms with Crippen LogP contribution in [-0.2, 0) is 0 Å².